The van der Waals surface area contributed by atoms with Gasteiger partial charge in [0.05, 0.1) is 12.2 Å². The molecule has 0 aliphatic heterocycles. The molecule has 0 saturated heterocycles. The van der Waals surface area contributed by atoms with Crippen molar-refractivity contribution in [1.82, 2.24) is 0 Å². The van der Waals surface area contributed by atoms with E-state index < -0.39 is 0 Å². The molecule has 0 spiro atoms. The summed E-state index contributed by atoms with van der Waals surface area (Å²) in [6.45, 7) is 2.07. The SMILES string of the molecule is CCC=C1C[C@@H](O)C[C@@H](O)C1. The van der Waals surface area contributed by atoms with Crippen LogP contribution >= 0.6 is 0 Å². The van der Waals surface area contributed by atoms with Gasteiger partial charge in [-0.15, -0.1) is 0 Å². The van der Waals surface area contributed by atoms with E-state index in [4.69, 9.17) is 0 Å². The van der Waals surface area contributed by atoms with E-state index >= 15 is 0 Å². The van der Waals surface area contributed by atoms with E-state index in [1.165, 1.54) is 5.57 Å². The van der Waals surface area contributed by atoms with Crippen LogP contribution in [0.4, 0.5) is 0 Å². The Morgan fingerprint density at radius 2 is 1.91 bits per heavy atom. The third-order valence-corrected chi connectivity index (χ3v) is 2.03. The molecule has 64 valence electrons. The van der Waals surface area contributed by atoms with Crippen LogP contribution in [0.3, 0.4) is 0 Å². The van der Waals surface area contributed by atoms with Crippen LogP contribution in [-0.4, -0.2) is 22.4 Å². The summed E-state index contributed by atoms with van der Waals surface area (Å²) in [5.74, 6) is 0. The summed E-state index contributed by atoms with van der Waals surface area (Å²) in [5, 5.41) is 18.6. The molecule has 0 aromatic heterocycles. The van der Waals surface area contributed by atoms with Crippen molar-refractivity contribution in [3.05, 3.63) is 11.6 Å². The van der Waals surface area contributed by atoms with E-state index in [2.05, 4.69) is 13.0 Å². The minimum absolute atomic E-state index is 0.323. The predicted molar refractivity (Wildman–Crippen MR) is 44.2 cm³/mol. The molecule has 2 N–H and O–H groups in total. The Morgan fingerprint density at radius 1 is 1.36 bits per heavy atom. The normalized spacial score (nSPS) is 36.1. The van der Waals surface area contributed by atoms with Gasteiger partial charge in [0, 0.05) is 0 Å². The highest BCUT2D eigenvalue weighted by atomic mass is 16.3. The Hall–Kier alpha value is -0.340. The van der Waals surface area contributed by atoms with Gasteiger partial charge in [-0.2, -0.15) is 0 Å². The topological polar surface area (TPSA) is 40.5 Å². The van der Waals surface area contributed by atoms with Gasteiger partial charge in [0.15, 0.2) is 0 Å². The Bertz CT molecular complexity index is 140. The van der Waals surface area contributed by atoms with E-state index in [-0.39, 0.29) is 12.2 Å². The fourth-order valence-electron chi connectivity index (χ4n) is 1.62. The summed E-state index contributed by atoms with van der Waals surface area (Å²) in [6.07, 6.45) is 4.50. The molecular weight excluding hydrogens is 140 g/mol. The first-order chi connectivity index (χ1) is 5.22. The molecule has 0 bridgehead atoms. The van der Waals surface area contributed by atoms with Crippen molar-refractivity contribution in [3.63, 3.8) is 0 Å². The minimum Gasteiger partial charge on any atom is -0.393 e. The Morgan fingerprint density at radius 3 is 2.36 bits per heavy atom. The van der Waals surface area contributed by atoms with Gasteiger partial charge in [0.25, 0.3) is 0 Å². The standard InChI is InChI=1S/C9H16O2/c1-2-3-7-4-8(10)6-9(11)5-7/h3,8-11H,2,4-6H2,1H3/t8-,9+. The smallest absolute Gasteiger partial charge is 0.0602 e. The average molecular weight is 156 g/mol. The van der Waals surface area contributed by atoms with Crippen LogP contribution < -0.4 is 0 Å². The third kappa shape index (κ3) is 2.64. The van der Waals surface area contributed by atoms with Crippen molar-refractivity contribution >= 4 is 0 Å². The first-order valence-corrected chi connectivity index (χ1v) is 4.26. The van der Waals surface area contributed by atoms with Gasteiger partial charge in [-0.3, -0.25) is 0 Å². The summed E-state index contributed by atoms with van der Waals surface area (Å²) >= 11 is 0. The second-order valence-electron chi connectivity index (χ2n) is 3.22. The maximum Gasteiger partial charge on any atom is 0.0602 e. The van der Waals surface area contributed by atoms with Gasteiger partial charge in [-0.05, 0) is 25.7 Å². The summed E-state index contributed by atoms with van der Waals surface area (Å²) in [4.78, 5) is 0. The Balaban J connectivity index is 2.49. The molecule has 0 heterocycles. The van der Waals surface area contributed by atoms with Gasteiger partial charge in [0.2, 0.25) is 0 Å². The van der Waals surface area contributed by atoms with Crippen molar-refractivity contribution < 1.29 is 10.2 Å². The molecule has 0 unspecified atom stereocenters. The van der Waals surface area contributed by atoms with Crippen LogP contribution in [0.5, 0.6) is 0 Å². The number of hydrogen-bond donors (Lipinski definition) is 2. The van der Waals surface area contributed by atoms with E-state index in [0.717, 1.165) is 19.3 Å². The number of rotatable bonds is 1. The minimum atomic E-state index is -0.323. The Labute approximate surface area is 67.6 Å². The zero-order chi connectivity index (χ0) is 8.27. The summed E-state index contributed by atoms with van der Waals surface area (Å²) in [7, 11) is 0. The van der Waals surface area contributed by atoms with Crippen molar-refractivity contribution in [2.24, 2.45) is 0 Å². The van der Waals surface area contributed by atoms with Crippen LogP contribution in [0, 0.1) is 0 Å². The summed E-state index contributed by atoms with van der Waals surface area (Å²) < 4.78 is 0. The lowest BCUT2D eigenvalue weighted by atomic mass is 9.90. The maximum absolute atomic E-state index is 9.28. The van der Waals surface area contributed by atoms with Crippen LogP contribution in [0.1, 0.15) is 32.6 Å². The second-order valence-corrected chi connectivity index (χ2v) is 3.22. The van der Waals surface area contributed by atoms with Crippen LogP contribution in [0.25, 0.3) is 0 Å². The number of aliphatic hydroxyl groups excluding tert-OH is 2. The average Bonchev–Trinajstić information content (AvgIpc) is 1.85. The molecule has 2 nitrogen and oxygen atoms in total. The zero-order valence-corrected chi connectivity index (χ0v) is 6.95. The lowest BCUT2D eigenvalue weighted by Crippen LogP contribution is -2.24. The van der Waals surface area contributed by atoms with Crippen molar-refractivity contribution in [2.45, 2.75) is 44.8 Å². The summed E-state index contributed by atoms with van der Waals surface area (Å²) in [6, 6.07) is 0. The van der Waals surface area contributed by atoms with Crippen molar-refractivity contribution in [2.75, 3.05) is 0 Å². The highest BCUT2D eigenvalue weighted by molar-refractivity contribution is 5.08. The molecule has 1 saturated carbocycles. The largest absolute Gasteiger partial charge is 0.393 e. The quantitative estimate of drug-likeness (QED) is 0.560. The van der Waals surface area contributed by atoms with Gasteiger partial charge in [0.1, 0.15) is 0 Å². The monoisotopic (exact) mass is 156 g/mol. The molecule has 1 aliphatic carbocycles. The molecule has 0 aromatic carbocycles. The fraction of sp³-hybridized carbons (Fsp3) is 0.778. The molecule has 1 fully saturated rings. The van der Waals surface area contributed by atoms with E-state index in [1.54, 1.807) is 0 Å². The molecule has 1 rings (SSSR count). The molecule has 0 amide bonds. The molecule has 11 heavy (non-hydrogen) atoms. The third-order valence-electron chi connectivity index (χ3n) is 2.03. The lowest BCUT2D eigenvalue weighted by molar-refractivity contribution is 0.0608. The number of allylic oxidation sites excluding steroid dienone is 1. The van der Waals surface area contributed by atoms with Crippen LogP contribution in [0.2, 0.25) is 0 Å². The molecular formula is C9H16O2. The van der Waals surface area contributed by atoms with Crippen LogP contribution in [-0.2, 0) is 0 Å². The highest BCUT2D eigenvalue weighted by Gasteiger charge is 2.20. The van der Waals surface area contributed by atoms with Gasteiger partial charge < -0.3 is 10.2 Å². The lowest BCUT2D eigenvalue weighted by Gasteiger charge is -2.24. The van der Waals surface area contributed by atoms with E-state index in [1.807, 2.05) is 0 Å². The van der Waals surface area contributed by atoms with Gasteiger partial charge >= 0.3 is 0 Å². The predicted octanol–water partition coefficient (Wildman–Crippen LogP) is 1.23. The van der Waals surface area contributed by atoms with E-state index in [0.29, 0.717) is 6.42 Å². The highest BCUT2D eigenvalue weighted by Crippen LogP contribution is 2.23. The Kier molecular flexibility index (Phi) is 3.09. The zero-order valence-electron chi connectivity index (χ0n) is 6.95. The first-order valence-electron chi connectivity index (χ1n) is 4.26. The van der Waals surface area contributed by atoms with Crippen LogP contribution in [0.15, 0.2) is 11.6 Å². The number of aliphatic hydroxyl groups is 2. The molecule has 2 atom stereocenters. The molecule has 0 aromatic rings. The van der Waals surface area contributed by atoms with Crippen molar-refractivity contribution in [3.8, 4) is 0 Å². The van der Waals surface area contributed by atoms with E-state index in [9.17, 15) is 10.2 Å². The molecule has 2 heteroatoms. The molecule has 0 radical (unpaired) electrons. The second kappa shape index (κ2) is 3.88. The van der Waals surface area contributed by atoms with Crippen molar-refractivity contribution in [1.29, 1.82) is 0 Å². The maximum atomic E-state index is 9.28. The van der Waals surface area contributed by atoms with Gasteiger partial charge in [-0.1, -0.05) is 18.6 Å². The van der Waals surface area contributed by atoms with Gasteiger partial charge in [-0.25, -0.2) is 0 Å². The summed E-state index contributed by atoms with van der Waals surface area (Å²) in [5.41, 5.74) is 1.21. The first kappa shape index (κ1) is 8.75. The number of hydrogen-bond acceptors (Lipinski definition) is 2. The molecule has 1 aliphatic rings. The fourth-order valence-corrected chi connectivity index (χ4v) is 1.62.